The van der Waals surface area contributed by atoms with Crippen LogP contribution in [0.15, 0.2) is 41.2 Å². The van der Waals surface area contributed by atoms with Crippen LogP contribution in [-0.4, -0.2) is 55.4 Å². The Bertz CT molecular complexity index is 829. The predicted octanol–water partition coefficient (Wildman–Crippen LogP) is 2.08. The van der Waals surface area contributed by atoms with Gasteiger partial charge in [0.05, 0.1) is 25.1 Å². The molecule has 1 aromatic carbocycles. The van der Waals surface area contributed by atoms with Crippen molar-refractivity contribution in [1.82, 2.24) is 15.8 Å². The Labute approximate surface area is 162 Å². The molecule has 2 heterocycles. The number of hydrogen-bond acceptors (Lipinski definition) is 6. The second-order valence-electron chi connectivity index (χ2n) is 6.50. The molecule has 1 unspecified atom stereocenters. The largest absolute Gasteiger partial charge is 0.495 e. The Morgan fingerprint density at radius 3 is 2.57 bits per heavy atom. The summed E-state index contributed by atoms with van der Waals surface area (Å²) < 4.78 is 10.4. The highest BCUT2D eigenvalue weighted by molar-refractivity contribution is 5.89. The number of nitrogens with one attached hydrogen (secondary N) is 2. The van der Waals surface area contributed by atoms with E-state index in [0.29, 0.717) is 18.7 Å². The molecule has 1 aromatic heterocycles. The lowest BCUT2D eigenvalue weighted by molar-refractivity contribution is 0.0694. The molecule has 0 saturated carbocycles. The number of anilines is 1. The number of hydrogen-bond donors (Lipinski definition) is 3. The first kappa shape index (κ1) is 19.6. The number of carboxylic acids is 1. The van der Waals surface area contributed by atoms with Gasteiger partial charge in [-0.2, -0.15) is 0 Å². The zero-order valence-corrected chi connectivity index (χ0v) is 15.8. The van der Waals surface area contributed by atoms with Crippen LogP contribution in [0.3, 0.4) is 0 Å². The molecule has 3 N–H and O–H groups in total. The first-order valence-corrected chi connectivity index (χ1v) is 8.99. The molecule has 0 aliphatic carbocycles. The van der Waals surface area contributed by atoms with E-state index in [4.69, 9.17) is 14.3 Å². The molecular weight excluding hydrogens is 364 g/mol. The minimum absolute atomic E-state index is 0.0400. The van der Waals surface area contributed by atoms with E-state index in [9.17, 15) is 9.59 Å². The molecule has 0 spiro atoms. The van der Waals surface area contributed by atoms with Crippen LogP contribution in [0.5, 0.6) is 5.75 Å². The fraction of sp³-hybridized carbons (Fsp3) is 0.368. The quantitative estimate of drug-likeness (QED) is 0.695. The number of piperazine rings is 1. The number of urea groups is 1. The highest BCUT2D eigenvalue weighted by Crippen LogP contribution is 2.28. The summed E-state index contributed by atoms with van der Waals surface area (Å²) in [7, 11) is 1.65. The van der Waals surface area contributed by atoms with Gasteiger partial charge in [0.1, 0.15) is 17.6 Å². The Kier molecular flexibility index (Phi) is 6.05. The van der Waals surface area contributed by atoms with Crippen molar-refractivity contribution in [3.05, 3.63) is 47.9 Å². The van der Waals surface area contributed by atoms with Crippen LogP contribution in [0.1, 0.15) is 28.9 Å². The van der Waals surface area contributed by atoms with Gasteiger partial charge in [-0.25, -0.2) is 14.6 Å². The highest BCUT2D eigenvalue weighted by Gasteiger charge is 2.23. The van der Waals surface area contributed by atoms with Crippen LogP contribution >= 0.6 is 0 Å². The molecule has 9 heteroatoms. The van der Waals surface area contributed by atoms with Crippen LogP contribution < -0.4 is 20.4 Å². The number of ether oxygens (including phenoxy) is 1. The average Bonchev–Trinajstić information content (AvgIpc) is 3.19. The molecule has 1 saturated heterocycles. The number of rotatable bonds is 6. The number of aromatic carboxylic acids is 1. The summed E-state index contributed by atoms with van der Waals surface area (Å²) in [5, 5.41) is 13.7. The van der Waals surface area contributed by atoms with E-state index in [2.05, 4.69) is 15.6 Å². The summed E-state index contributed by atoms with van der Waals surface area (Å²) in [6, 6.07) is 6.95. The standard InChI is InChI=1S/C19H24N4O5/c1-13(14-11-28-12-15(14)18(24)25)20-19(26)21-23-9-7-22(8-10-23)16-5-3-4-6-17(16)27-2/h3-6,11-13H,7-10H2,1-2H3,(H,24,25)(H2,20,21,26). The summed E-state index contributed by atoms with van der Waals surface area (Å²) in [5.74, 6) is -0.268. The number of carbonyl (C=O) groups excluding carboxylic acids is 1. The second-order valence-corrected chi connectivity index (χ2v) is 6.50. The van der Waals surface area contributed by atoms with Crippen molar-refractivity contribution in [2.75, 3.05) is 38.2 Å². The van der Waals surface area contributed by atoms with Gasteiger partial charge in [0.2, 0.25) is 0 Å². The number of hydrazine groups is 1. The van der Waals surface area contributed by atoms with Gasteiger partial charge in [-0.1, -0.05) is 12.1 Å². The topological polar surface area (TPSA) is 107 Å². The van der Waals surface area contributed by atoms with Crippen LogP contribution in [0.2, 0.25) is 0 Å². The van der Waals surface area contributed by atoms with Gasteiger partial charge in [0.15, 0.2) is 0 Å². The van der Waals surface area contributed by atoms with Gasteiger partial charge >= 0.3 is 12.0 Å². The molecule has 1 fully saturated rings. The number of methoxy groups -OCH3 is 1. The average molecular weight is 388 g/mol. The van der Waals surface area contributed by atoms with Gasteiger partial charge in [-0.3, -0.25) is 5.43 Å². The van der Waals surface area contributed by atoms with Crippen LogP contribution in [0, 0.1) is 0 Å². The molecular formula is C19H24N4O5. The summed E-state index contributed by atoms with van der Waals surface area (Å²) in [4.78, 5) is 25.7. The van der Waals surface area contributed by atoms with E-state index >= 15 is 0 Å². The number of para-hydroxylation sites is 2. The van der Waals surface area contributed by atoms with E-state index in [1.165, 1.54) is 6.26 Å². The van der Waals surface area contributed by atoms with Crippen LogP contribution in [0.4, 0.5) is 10.5 Å². The highest BCUT2D eigenvalue weighted by atomic mass is 16.5. The zero-order valence-electron chi connectivity index (χ0n) is 15.8. The molecule has 1 aliphatic heterocycles. The maximum atomic E-state index is 12.3. The maximum absolute atomic E-state index is 12.3. The van der Waals surface area contributed by atoms with Crippen molar-refractivity contribution < 1.29 is 23.8 Å². The lowest BCUT2D eigenvalue weighted by Crippen LogP contribution is -2.56. The van der Waals surface area contributed by atoms with Crippen LogP contribution in [-0.2, 0) is 0 Å². The molecule has 2 amide bonds. The Morgan fingerprint density at radius 1 is 1.18 bits per heavy atom. The molecule has 1 aliphatic rings. The van der Waals surface area contributed by atoms with E-state index in [1.54, 1.807) is 14.0 Å². The summed E-state index contributed by atoms with van der Waals surface area (Å²) in [5.41, 5.74) is 4.30. The molecule has 1 atom stereocenters. The van der Waals surface area contributed by atoms with Crippen molar-refractivity contribution in [2.45, 2.75) is 13.0 Å². The van der Waals surface area contributed by atoms with Gasteiger partial charge in [0, 0.05) is 31.7 Å². The maximum Gasteiger partial charge on any atom is 0.339 e. The van der Waals surface area contributed by atoms with Crippen LogP contribution in [0.25, 0.3) is 0 Å². The van der Waals surface area contributed by atoms with Crippen molar-refractivity contribution in [2.24, 2.45) is 0 Å². The monoisotopic (exact) mass is 388 g/mol. The first-order valence-electron chi connectivity index (χ1n) is 8.99. The lowest BCUT2D eigenvalue weighted by Gasteiger charge is -2.36. The molecule has 0 bridgehead atoms. The third-order valence-electron chi connectivity index (χ3n) is 4.70. The summed E-state index contributed by atoms with van der Waals surface area (Å²) in [6.45, 7) is 4.47. The van der Waals surface area contributed by atoms with E-state index in [1.807, 2.05) is 29.3 Å². The minimum Gasteiger partial charge on any atom is -0.495 e. The molecule has 0 radical (unpaired) electrons. The number of nitrogens with zero attached hydrogens (tertiary/aromatic N) is 2. The van der Waals surface area contributed by atoms with E-state index in [0.717, 1.165) is 30.8 Å². The Balaban J connectivity index is 1.51. The van der Waals surface area contributed by atoms with Gasteiger partial charge in [0.25, 0.3) is 0 Å². The predicted molar refractivity (Wildman–Crippen MR) is 103 cm³/mol. The number of benzene rings is 1. The molecule has 3 rings (SSSR count). The first-order chi connectivity index (χ1) is 13.5. The number of amides is 2. The normalized spacial score (nSPS) is 15.7. The molecule has 28 heavy (non-hydrogen) atoms. The van der Waals surface area contributed by atoms with Crippen molar-refractivity contribution >= 4 is 17.7 Å². The fourth-order valence-electron chi connectivity index (χ4n) is 3.22. The van der Waals surface area contributed by atoms with E-state index in [-0.39, 0.29) is 5.56 Å². The molecule has 9 nitrogen and oxygen atoms in total. The summed E-state index contributed by atoms with van der Waals surface area (Å²) in [6.07, 6.45) is 2.49. The van der Waals surface area contributed by atoms with Gasteiger partial charge in [-0.15, -0.1) is 0 Å². The minimum atomic E-state index is -1.09. The third-order valence-corrected chi connectivity index (χ3v) is 4.70. The Hall–Kier alpha value is -3.20. The lowest BCUT2D eigenvalue weighted by atomic mass is 10.1. The van der Waals surface area contributed by atoms with Gasteiger partial charge in [-0.05, 0) is 19.1 Å². The smallest absolute Gasteiger partial charge is 0.339 e. The van der Waals surface area contributed by atoms with E-state index < -0.39 is 18.0 Å². The van der Waals surface area contributed by atoms with Crippen molar-refractivity contribution in [3.63, 3.8) is 0 Å². The summed E-state index contributed by atoms with van der Waals surface area (Å²) >= 11 is 0. The molecule has 150 valence electrons. The SMILES string of the molecule is COc1ccccc1N1CCN(NC(=O)NC(C)c2cocc2C(=O)O)CC1. The van der Waals surface area contributed by atoms with Gasteiger partial charge < -0.3 is 24.5 Å². The second kappa shape index (κ2) is 8.66. The molecule has 2 aromatic rings. The zero-order chi connectivity index (χ0) is 20.1. The number of furan rings is 1. The van der Waals surface area contributed by atoms with Crippen molar-refractivity contribution in [1.29, 1.82) is 0 Å². The third kappa shape index (κ3) is 4.37. The Morgan fingerprint density at radius 2 is 1.89 bits per heavy atom. The number of carboxylic acid groups (broad SMARTS) is 1. The van der Waals surface area contributed by atoms with Crippen molar-refractivity contribution in [3.8, 4) is 5.75 Å². The fourth-order valence-corrected chi connectivity index (χ4v) is 3.22. The number of carbonyl (C=O) groups is 2.